The third-order valence-corrected chi connectivity index (χ3v) is 3.39. The molecule has 1 aromatic carbocycles. The van der Waals surface area contributed by atoms with E-state index in [1.807, 2.05) is 13.8 Å². The van der Waals surface area contributed by atoms with Gasteiger partial charge in [-0.25, -0.2) is 4.39 Å². The number of anilines is 1. The molecule has 0 saturated carbocycles. The van der Waals surface area contributed by atoms with Gasteiger partial charge in [0.15, 0.2) is 5.82 Å². The molecule has 0 N–H and O–H groups in total. The second-order valence-electron chi connectivity index (χ2n) is 3.68. The predicted molar refractivity (Wildman–Crippen MR) is 67.4 cm³/mol. The quantitative estimate of drug-likeness (QED) is 0.756. The molecule has 0 spiro atoms. The molecule has 0 radical (unpaired) electrons. The van der Waals surface area contributed by atoms with Gasteiger partial charge < -0.3 is 4.90 Å². The van der Waals surface area contributed by atoms with Gasteiger partial charge in [0.05, 0.1) is 10.7 Å². The zero-order valence-corrected chi connectivity index (χ0v) is 11.6. The van der Waals surface area contributed by atoms with Gasteiger partial charge in [0.25, 0.3) is 0 Å². The van der Waals surface area contributed by atoms with Crippen LogP contribution in [0, 0.1) is 5.82 Å². The largest absolute Gasteiger partial charge is 0.307 e. The number of rotatable bonds is 2. The lowest BCUT2D eigenvalue weighted by Crippen LogP contribution is -2.35. The fourth-order valence-electron chi connectivity index (χ4n) is 1.51. The minimum absolute atomic E-state index is 0.00981. The Morgan fingerprint density at radius 3 is 2.50 bits per heavy atom. The highest BCUT2D eigenvalue weighted by Gasteiger charge is 2.21. The van der Waals surface area contributed by atoms with Crippen LogP contribution in [0.15, 0.2) is 16.6 Å². The molecule has 0 unspecified atom stereocenters. The summed E-state index contributed by atoms with van der Waals surface area (Å²) < 4.78 is 14.4. The van der Waals surface area contributed by atoms with Crippen molar-refractivity contribution in [2.45, 2.75) is 26.8 Å². The van der Waals surface area contributed by atoms with Crippen LogP contribution in [0.3, 0.4) is 0 Å². The summed E-state index contributed by atoms with van der Waals surface area (Å²) in [6.45, 7) is 5.03. The number of benzene rings is 1. The van der Waals surface area contributed by atoms with Crippen molar-refractivity contribution in [2.24, 2.45) is 0 Å². The molecular formula is C11H12BrClFNO. The standard InChI is InChI=1S/C11H12BrClFNO/c1-6(2)15(7(3)16)9-5-4-8(12)10(13)11(9)14/h4-6H,1-3H3. The first-order valence-corrected chi connectivity index (χ1v) is 5.96. The fraction of sp³-hybridized carbons (Fsp3) is 0.364. The minimum atomic E-state index is -0.583. The van der Waals surface area contributed by atoms with Crippen molar-refractivity contribution in [3.63, 3.8) is 0 Å². The minimum Gasteiger partial charge on any atom is -0.307 e. The molecule has 0 aliphatic heterocycles. The lowest BCUT2D eigenvalue weighted by atomic mass is 10.2. The number of carbonyl (C=O) groups excluding carboxylic acids is 1. The Hall–Kier alpha value is -0.610. The van der Waals surface area contributed by atoms with Gasteiger partial charge in [0.2, 0.25) is 5.91 Å². The van der Waals surface area contributed by atoms with E-state index < -0.39 is 5.82 Å². The summed E-state index contributed by atoms with van der Waals surface area (Å²) in [5, 5.41) is -0.00981. The molecule has 0 aliphatic carbocycles. The SMILES string of the molecule is CC(=O)N(c1ccc(Br)c(Cl)c1F)C(C)C. The second-order valence-corrected chi connectivity index (χ2v) is 4.91. The van der Waals surface area contributed by atoms with Crippen LogP contribution in [-0.2, 0) is 4.79 Å². The maximum atomic E-state index is 13.9. The molecule has 1 aromatic rings. The first-order chi connectivity index (χ1) is 7.36. The highest BCUT2D eigenvalue weighted by Crippen LogP contribution is 2.33. The summed E-state index contributed by atoms with van der Waals surface area (Å²) in [7, 11) is 0. The molecular weight excluding hydrogens is 296 g/mol. The maximum absolute atomic E-state index is 13.9. The number of hydrogen-bond acceptors (Lipinski definition) is 1. The summed E-state index contributed by atoms with van der Waals surface area (Å²) in [5.41, 5.74) is 0.204. The number of carbonyl (C=O) groups is 1. The monoisotopic (exact) mass is 307 g/mol. The van der Waals surface area contributed by atoms with Gasteiger partial charge in [-0.2, -0.15) is 0 Å². The zero-order chi connectivity index (χ0) is 12.5. The molecule has 16 heavy (non-hydrogen) atoms. The lowest BCUT2D eigenvalue weighted by molar-refractivity contribution is -0.116. The summed E-state index contributed by atoms with van der Waals surface area (Å²) >= 11 is 8.90. The summed E-state index contributed by atoms with van der Waals surface area (Å²) in [5.74, 6) is -0.799. The predicted octanol–water partition coefficient (Wildman–Crippen LogP) is 4.00. The average Bonchev–Trinajstić information content (AvgIpc) is 2.17. The Morgan fingerprint density at radius 2 is 2.06 bits per heavy atom. The number of amides is 1. The van der Waals surface area contributed by atoms with Gasteiger partial charge in [-0.15, -0.1) is 0 Å². The second kappa shape index (κ2) is 5.15. The third kappa shape index (κ3) is 2.55. The van der Waals surface area contributed by atoms with E-state index in [1.165, 1.54) is 17.9 Å². The van der Waals surface area contributed by atoms with E-state index in [0.717, 1.165) is 0 Å². The van der Waals surface area contributed by atoms with E-state index in [4.69, 9.17) is 11.6 Å². The van der Waals surface area contributed by atoms with Gasteiger partial charge >= 0.3 is 0 Å². The van der Waals surface area contributed by atoms with Crippen molar-refractivity contribution < 1.29 is 9.18 Å². The zero-order valence-electron chi connectivity index (χ0n) is 9.22. The summed E-state index contributed by atoms with van der Waals surface area (Å²) in [4.78, 5) is 12.8. The summed E-state index contributed by atoms with van der Waals surface area (Å²) in [6.07, 6.45) is 0. The van der Waals surface area contributed by atoms with Gasteiger partial charge in [-0.05, 0) is 41.9 Å². The molecule has 0 aromatic heterocycles. The number of hydrogen-bond donors (Lipinski definition) is 0. The topological polar surface area (TPSA) is 20.3 Å². The molecule has 2 nitrogen and oxygen atoms in total. The molecule has 0 fully saturated rings. The van der Waals surface area contributed by atoms with Crippen molar-refractivity contribution in [3.05, 3.63) is 27.4 Å². The molecule has 1 rings (SSSR count). The van der Waals surface area contributed by atoms with Gasteiger partial charge in [-0.1, -0.05) is 11.6 Å². The Labute approximate surface area is 108 Å². The molecule has 5 heteroatoms. The van der Waals surface area contributed by atoms with Crippen LogP contribution in [0.2, 0.25) is 5.02 Å². The highest BCUT2D eigenvalue weighted by molar-refractivity contribution is 9.10. The van der Waals surface area contributed by atoms with Crippen molar-refractivity contribution in [2.75, 3.05) is 4.90 Å². The van der Waals surface area contributed by atoms with Crippen LogP contribution in [0.25, 0.3) is 0 Å². The Kier molecular flexibility index (Phi) is 4.33. The molecule has 1 amide bonds. The Balaban J connectivity index is 3.31. The van der Waals surface area contributed by atoms with E-state index in [9.17, 15) is 9.18 Å². The van der Waals surface area contributed by atoms with Gasteiger partial charge in [0, 0.05) is 17.4 Å². The molecule has 0 aliphatic rings. The van der Waals surface area contributed by atoms with Gasteiger partial charge in [-0.3, -0.25) is 4.79 Å². The summed E-state index contributed by atoms with van der Waals surface area (Å²) in [6, 6.07) is 3.04. The molecule has 0 saturated heterocycles. The highest BCUT2D eigenvalue weighted by atomic mass is 79.9. The van der Waals surface area contributed by atoms with E-state index in [-0.39, 0.29) is 22.7 Å². The number of halogens is 3. The van der Waals surface area contributed by atoms with Crippen LogP contribution < -0.4 is 4.90 Å². The van der Waals surface area contributed by atoms with Crippen LogP contribution in [0.5, 0.6) is 0 Å². The molecule has 0 atom stereocenters. The van der Waals surface area contributed by atoms with Crippen LogP contribution in [0.1, 0.15) is 20.8 Å². The van der Waals surface area contributed by atoms with Crippen LogP contribution in [0.4, 0.5) is 10.1 Å². The van der Waals surface area contributed by atoms with Gasteiger partial charge in [0.1, 0.15) is 0 Å². The Morgan fingerprint density at radius 1 is 1.50 bits per heavy atom. The smallest absolute Gasteiger partial charge is 0.224 e. The van der Waals surface area contributed by atoms with Crippen molar-refractivity contribution in [1.29, 1.82) is 0 Å². The number of nitrogens with zero attached hydrogens (tertiary/aromatic N) is 1. The van der Waals surface area contributed by atoms with E-state index in [2.05, 4.69) is 15.9 Å². The van der Waals surface area contributed by atoms with E-state index >= 15 is 0 Å². The first kappa shape index (κ1) is 13.5. The Bertz CT molecular complexity index is 423. The molecule has 0 heterocycles. The molecule has 88 valence electrons. The first-order valence-electron chi connectivity index (χ1n) is 4.79. The lowest BCUT2D eigenvalue weighted by Gasteiger charge is -2.26. The van der Waals surface area contributed by atoms with Crippen molar-refractivity contribution >= 4 is 39.1 Å². The van der Waals surface area contributed by atoms with E-state index in [1.54, 1.807) is 6.07 Å². The maximum Gasteiger partial charge on any atom is 0.224 e. The van der Waals surface area contributed by atoms with Crippen LogP contribution in [-0.4, -0.2) is 11.9 Å². The van der Waals surface area contributed by atoms with Crippen molar-refractivity contribution in [3.8, 4) is 0 Å². The molecule has 0 bridgehead atoms. The third-order valence-electron chi connectivity index (χ3n) is 2.13. The van der Waals surface area contributed by atoms with Crippen molar-refractivity contribution in [1.82, 2.24) is 0 Å². The average molecular weight is 309 g/mol. The van der Waals surface area contributed by atoms with Crippen LogP contribution >= 0.6 is 27.5 Å². The normalized spacial score (nSPS) is 10.7. The van der Waals surface area contributed by atoms with E-state index in [0.29, 0.717) is 4.47 Å². The fourth-order valence-corrected chi connectivity index (χ4v) is 1.98.